The Morgan fingerprint density at radius 1 is 1.19 bits per heavy atom. The molecule has 0 saturated heterocycles. The molecule has 0 aromatic heterocycles. The maximum atomic E-state index is 11.6. The SMILES string of the molecule is COc1cccc(C(=CCO)c2ccccc2C(N)=O)c1. The monoisotopic (exact) mass is 283 g/mol. The van der Waals surface area contributed by atoms with E-state index in [1.165, 1.54) is 0 Å². The van der Waals surface area contributed by atoms with Gasteiger partial charge in [-0.2, -0.15) is 0 Å². The van der Waals surface area contributed by atoms with Crippen LogP contribution in [0.25, 0.3) is 5.57 Å². The largest absolute Gasteiger partial charge is 0.497 e. The minimum Gasteiger partial charge on any atom is -0.497 e. The molecule has 0 heterocycles. The van der Waals surface area contributed by atoms with Crippen LogP contribution < -0.4 is 10.5 Å². The van der Waals surface area contributed by atoms with E-state index in [-0.39, 0.29) is 6.61 Å². The Bertz CT molecular complexity index is 677. The summed E-state index contributed by atoms with van der Waals surface area (Å²) in [6.45, 7) is -0.139. The van der Waals surface area contributed by atoms with E-state index in [4.69, 9.17) is 10.5 Å². The summed E-state index contributed by atoms with van der Waals surface area (Å²) in [6.07, 6.45) is 1.65. The van der Waals surface area contributed by atoms with Gasteiger partial charge in [0.15, 0.2) is 0 Å². The van der Waals surface area contributed by atoms with Gasteiger partial charge in [-0.05, 0) is 34.9 Å². The molecule has 108 valence electrons. The summed E-state index contributed by atoms with van der Waals surface area (Å²) in [5, 5.41) is 9.29. The van der Waals surface area contributed by atoms with Crippen LogP contribution in [0, 0.1) is 0 Å². The van der Waals surface area contributed by atoms with Gasteiger partial charge in [0, 0.05) is 5.56 Å². The van der Waals surface area contributed by atoms with Crippen LogP contribution in [0.2, 0.25) is 0 Å². The number of benzene rings is 2. The summed E-state index contributed by atoms with van der Waals surface area (Å²) in [7, 11) is 1.59. The lowest BCUT2D eigenvalue weighted by Gasteiger charge is -2.12. The van der Waals surface area contributed by atoms with Crippen molar-refractivity contribution < 1.29 is 14.6 Å². The molecule has 0 atom stereocenters. The highest BCUT2D eigenvalue weighted by Gasteiger charge is 2.13. The van der Waals surface area contributed by atoms with Gasteiger partial charge < -0.3 is 15.6 Å². The normalized spacial score (nSPS) is 11.2. The zero-order valence-electron chi connectivity index (χ0n) is 11.7. The summed E-state index contributed by atoms with van der Waals surface area (Å²) in [5.41, 5.74) is 8.12. The van der Waals surface area contributed by atoms with E-state index in [0.717, 1.165) is 11.1 Å². The third-order valence-electron chi connectivity index (χ3n) is 3.16. The molecule has 2 rings (SSSR count). The molecule has 21 heavy (non-hydrogen) atoms. The van der Waals surface area contributed by atoms with E-state index in [1.54, 1.807) is 31.4 Å². The van der Waals surface area contributed by atoms with E-state index in [9.17, 15) is 9.90 Å². The number of carbonyl (C=O) groups excluding carboxylic acids is 1. The quantitative estimate of drug-likeness (QED) is 0.883. The van der Waals surface area contributed by atoms with Crippen LogP contribution >= 0.6 is 0 Å². The van der Waals surface area contributed by atoms with Gasteiger partial charge in [0.05, 0.1) is 13.7 Å². The zero-order chi connectivity index (χ0) is 15.2. The van der Waals surface area contributed by atoms with Crippen molar-refractivity contribution in [2.75, 3.05) is 13.7 Å². The van der Waals surface area contributed by atoms with Gasteiger partial charge >= 0.3 is 0 Å². The number of methoxy groups -OCH3 is 1. The number of amides is 1. The molecule has 4 nitrogen and oxygen atoms in total. The van der Waals surface area contributed by atoms with Crippen molar-refractivity contribution in [3.63, 3.8) is 0 Å². The first-order valence-corrected chi connectivity index (χ1v) is 6.52. The van der Waals surface area contributed by atoms with Crippen LogP contribution in [-0.2, 0) is 0 Å². The van der Waals surface area contributed by atoms with Gasteiger partial charge in [-0.15, -0.1) is 0 Å². The van der Waals surface area contributed by atoms with Crippen LogP contribution in [-0.4, -0.2) is 24.7 Å². The van der Waals surface area contributed by atoms with E-state index in [0.29, 0.717) is 16.9 Å². The molecule has 0 bridgehead atoms. The van der Waals surface area contributed by atoms with Crippen molar-refractivity contribution in [2.24, 2.45) is 5.73 Å². The van der Waals surface area contributed by atoms with Gasteiger partial charge in [-0.1, -0.05) is 36.4 Å². The highest BCUT2D eigenvalue weighted by molar-refractivity contribution is 6.00. The molecule has 0 radical (unpaired) electrons. The van der Waals surface area contributed by atoms with Crippen molar-refractivity contribution in [1.82, 2.24) is 0 Å². The lowest BCUT2D eigenvalue weighted by Crippen LogP contribution is -2.13. The molecule has 0 aliphatic carbocycles. The summed E-state index contributed by atoms with van der Waals surface area (Å²) in [4.78, 5) is 11.6. The van der Waals surface area contributed by atoms with E-state index < -0.39 is 5.91 Å². The lowest BCUT2D eigenvalue weighted by atomic mass is 9.93. The molecule has 2 aromatic carbocycles. The number of hydrogen-bond donors (Lipinski definition) is 2. The van der Waals surface area contributed by atoms with Crippen LogP contribution in [0.1, 0.15) is 21.5 Å². The maximum absolute atomic E-state index is 11.6. The number of aliphatic hydroxyl groups is 1. The Morgan fingerprint density at radius 3 is 2.52 bits per heavy atom. The van der Waals surface area contributed by atoms with Crippen molar-refractivity contribution >= 4 is 11.5 Å². The Morgan fingerprint density at radius 2 is 1.90 bits per heavy atom. The van der Waals surface area contributed by atoms with E-state index >= 15 is 0 Å². The first kappa shape index (κ1) is 14.8. The fourth-order valence-electron chi connectivity index (χ4n) is 2.20. The van der Waals surface area contributed by atoms with E-state index in [1.807, 2.05) is 30.3 Å². The fraction of sp³-hybridized carbons (Fsp3) is 0.118. The number of aliphatic hydroxyl groups excluding tert-OH is 1. The standard InChI is InChI=1S/C17H17NO3/c1-21-13-6-4-5-12(11-13)14(9-10-19)15-7-2-3-8-16(15)17(18)20/h2-9,11,19H,10H2,1H3,(H2,18,20). The minimum absolute atomic E-state index is 0.139. The highest BCUT2D eigenvalue weighted by atomic mass is 16.5. The second-order valence-corrected chi connectivity index (χ2v) is 4.44. The Kier molecular flexibility index (Phi) is 4.74. The summed E-state index contributed by atoms with van der Waals surface area (Å²) in [6, 6.07) is 14.5. The molecular weight excluding hydrogens is 266 g/mol. The van der Waals surface area contributed by atoms with Gasteiger partial charge in [-0.3, -0.25) is 4.79 Å². The molecule has 0 unspecified atom stereocenters. The predicted molar refractivity (Wildman–Crippen MR) is 82.1 cm³/mol. The Hall–Kier alpha value is -2.59. The third kappa shape index (κ3) is 3.30. The van der Waals surface area contributed by atoms with E-state index in [2.05, 4.69) is 0 Å². The number of ether oxygens (including phenoxy) is 1. The van der Waals surface area contributed by atoms with Gasteiger partial charge in [0.2, 0.25) is 5.91 Å². The molecule has 0 aliphatic rings. The molecular formula is C17H17NO3. The number of hydrogen-bond acceptors (Lipinski definition) is 3. The minimum atomic E-state index is -0.502. The van der Waals surface area contributed by atoms with Crippen molar-refractivity contribution in [3.05, 3.63) is 71.3 Å². The van der Waals surface area contributed by atoms with Gasteiger partial charge in [0.1, 0.15) is 5.75 Å². The predicted octanol–water partition coefficient (Wildman–Crippen LogP) is 2.22. The number of nitrogens with two attached hydrogens (primary N) is 1. The van der Waals surface area contributed by atoms with Gasteiger partial charge in [-0.25, -0.2) is 0 Å². The highest BCUT2D eigenvalue weighted by Crippen LogP contribution is 2.28. The first-order valence-electron chi connectivity index (χ1n) is 6.52. The van der Waals surface area contributed by atoms with Crippen molar-refractivity contribution in [2.45, 2.75) is 0 Å². The average molecular weight is 283 g/mol. The summed E-state index contributed by atoms with van der Waals surface area (Å²) in [5.74, 6) is 0.199. The second kappa shape index (κ2) is 6.72. The molecule has 2 aromatic rings. The molecule has 0 saturated carbocycles. The van der Waals surface area contributed by atoms with Crippen LogP contribution in [0.15, 0.2) is 54.6 Å². The average Bonchev–Trinajstić information content (AvgIpc) is 2.52. The number of primary amides is 1. The summed E-state index contributed by atoms with van der Waals surface area (Å²) < 4.78 is 5.22. The first-order chi connectivity index (χ1) is 10.2. The topological polar surface area (TPSA) is 72.6 Å². The summed E-state index contributed by atoms with van der Waals surface area (Å²) >= 11 is 0. The molecule has 4 heteroatoms. The Balaban J connectivity index is 2.59. The lowest BCUT2D eigenvalue weighted by molar-refractivity contribution is 0.1000. The molecule has 3 N–H and O–H groups in total. The second-order valence-electron chi connectivity index (χ2n) is 4.44. The Labute approximate surface area is 123 Å². The van der Waals surface area contributed by atoms with Crippen LogP contribution in [0.5, 0.6) is 5.75 Å². The van der Waals surface area contributed by atoms with Gasteiger partial charge in [0.25, 0.3) is 0 Å². The van der Waals surface area contributed by atoms with Crippen molar-refractivity contribution in [1.29, 1.82) is 0 Å². The zero-order valence-corrected chi connectivity index (χ0v) is 11.7. The van der Waals surface area contributed by atoms with Crippen molar-refractivity contribution in [3.8, 4) is 5.75 Å². The smallest absolute Gasteiger partial charge is 0.249 e. The van der Waals surface area contributed by atoms with Crippen LogP contribution in [0.4, 0.5) is 0 Å². The molecule has 0 fully saturated rings. The molecule has 0 spiro atoms. The van der Waals surface area contributed by atoms with Crippen LogP contribution in [0.3, 0.4) is 0 Å². The third-order valence-corrected chi connectivity index (χ3v) is 3.16. The molecule has 0 aliphatic heterocycles. The molecule has 1 amide bonds. The fourth-order valence-corrected chi connectivity index (χ4v) is 2.20. The number of carbonyl (C=O) groups is 1. The maximum Gasteiger partial charge on any atom is 0.249 e. The number of rotatable bonds is 5.